The van der Waals surface area contributed by atoms with Crippen molar-refractivity contribution in [2.75, 3.05) is 26.9 Å². The Balaban J connectivity index is 2.08. The minimum absolute atomic E-state index is 0.130. The van der Waals surface area contributed by atoms with Gasteiger partial charge in [-0.2, -0.15) is 0 Å². The number of carbonyl (C=O) groups is 2. The van der Waals surface area contributed by atoms with E-state index < -0.39 is 18.0 Å². The molecule has 108 valence electrons. The fraction of sp³-hybridized carbons (Fsp3) is 0.385. The van der Waals surface area contributed by atoms with Gasteiger partial charge in [0.05, 0.1) is 12.1 Å². The van der Waals surface area contributed by atoms with Gasteiger partial charge >= 0.3 is 5.97 Å². The molecule has 1 aliphatic rings. The van der Waals surface area contributed by atoms with Crippen molar-refractivity contribution in [3.63, 3.8) is 0 Å². The lowest BCUT2D eigenvalue weighted by Crippen LogP contribution is -2.38. The smallest absolute Gasteiger partial charge is 0.334 e. The zero-order valence-corrected chi connectivity index (χ0v) is 10.9. The van der Waals surface area contributed by atoms with Gasteiger partial charge in [0, 0.05) is 7.11 Å². The fourth-order valence-corrected chi connectivity index (χ4v) is 1.80. The first-order valence-electron chi connectivity index (χ1n) is 6.06. The summed E-state index contributed by atoms with van der Waals surface area (Å²) in [6.45, 7) is 0.672. The SMILES string of the molecule is COC(CNC(=O)c1cccc2c1OCCO2)C(=O)O. The molecule has 0 saturated heterocycles. The van der Waals surface area contributed by atoms with Gasteiger partial charge < -0.3 is 24.6 Å². The van der Waals surface area contributed by atoms with Crippen molar-refractivity contribution in [2.45, 2.75) is 6.10 Å². The maximum Gasteiger partial charge on any atom is 0.334 e. The van der Waals surface area contributed by atoms with Crippen molar-refractivity contribution in [2.24, 2.45) is 0 Å². The summed E-state index contributed by atoms with van der Waals surface area (Å²) in [5, 5.41) is 11.3. The summed E-state index contributed by atoms with van der Waals surface area (Å²) in [5.41, 5.74) is 0.308. The first kappa shape index (κ1) is 14.1. The summed E-state index contributed by atoms with van der Waals surface area (Å²) >= 11 is 0. The molecule has 7 heteroatoms. The monoisotopic (exact) mass is 281 g/mol. The molecule has 2 rings (SSSR count). The molecule has 1 unspecified atom stereocenters. The number of rotatable bonds is 5. The topological polar surface area (TPSA) is 94.1 Å². The number of hydrogen-bond acceptors (Lipinski definition) is 5. The third-order valence-corrected chi connectivity index (χ3v) is 2.82. The normalized spacial score (nSPS) is 14.4. The largest absolute Gasteiger partial charge is 0.486 e. The zero-order valence-electron chi connectivity index (χ0n) is 10.9. The van der Waals surface area contributed by atoms with Crippen LogP contribution in [0.3, 0.4) is 0 Å². The van der Waals surface area contributed by atoms with E-state index in [1.54, 1.807) is 18.2 Å². The average Bonchev–Trinajstić information content (AvgIpc) is 2.46. The molecule has 1 aromatic carbocycles. The minimum atomic E-state index is -1.14. The summed E-state index contributed by atoms with van der Waals surface area (Å²) in [6.07, 6.45) is -1.09. The molecule has 7 nitrogen and oxygen atoms in total. The summed E-state index contributed by atoms with van der Waals surface area (Å²) in [4.78, 5) is 22.9. The van der Waals surface area contributed by atoms with Crippen molar-refractivity contribution >= 4 is 11.9 Å². The van der Waals surface area contributed by atoms with Crippen LogP contribution >= 0.6 is 0 Å². The second kappa shape index (κ2) is 6.25. The maximum absolute atomic E-state index is 12.1. The zero-order chi connectivity index (χ0) is 14.5. The highest BCUT2D eigenvalue weighted by molar-refractivity contribution is 5.98. The number of carbonyl (C=O) groups excluding carboxylic acids is 1. The van der Waals surface area contributed by atoms with Crippen LogP contribution in [-0.4, -0.2) is 50.0 Å². The minimum Gasteiger partial charge on any atom is -0.486 e. The number of carboxylic acids is 1. The molecule has 1 aromatic rings. The fourth-order valence-electron chi connectivity index (χ4n) is 1.80. The van der Waals surface area contributed by atoms with Crippen molar-refractivity contribution in [1.82, 2.24) is 5.32 Å². The van der Waals surface area contributed by atoms with Gasteiger partial charge in [0.2, 0.25) is 0 Å². The van der Waals surface area contributed by atoms with Gasteiger partial charge in [-0.05, 0) is 12.1 Å². The predicted octanol–water partition coefficient (Wildman–Crippen LogP) is 0.287. The second-order valence-electron chi connectivity index (χ2n) is 4.10. The summed E-state index contributed by atoms with van der Waals surface area (Å²) < 4.78 is 15.5. The molecule has 0 aliphatic carbocycles. The van der Waals surface area contributed by atoms with E-state index in [4.69, 9.17) is 19.3 Å². The quantitative estimate of drug-likeness (QED) is 0.805. The molecule has 0 radical (unpaired) electrons. The second-order valence-corrected chi connectivity index (χ2v) is 4.10. The average molecular weight is 281 g/mol. The molecule has 0 spiro atoms. The van der Waals surface area contributed by atoms with Crippen molar-refractivity contribution < 1.29 is 28.9 Å². The van der Waals surface area contributed by atoms with Crippen LogP contribution in [0.15, 0.2) is 18.2 Å². The standard InChI is InChI=1S/C13H15NO6/c1-18-10(13(16)17)7-14-12(15)8-3-2-4-9-11(8)20-6-5-19-9/h2-4,10H,5-7H2,1H3,(H,14,15)(H,16,17). The van der Waals surface area contributed by atoms with Crippen LogP contribution < -0.4 is 14.8 Å². The first-order chi connectivity index (χ1) is 9.63. The number of fused-ring (bicyclic) bond motifs is 1. The molecule has 1 aliphatic heterocycles. The Hall–Kier alpha value is -2.28. The summed E-state index contributed by atoms with van der Waals surface area (Å²) in [5.74, 6) is -0.691. The molecule has 0 saturated carbocycles. The predicted molar refractivity (Wildman–Crippen MR) is 68.2 cm³/mol. The number of methoxy groups -OCH3 is 1. The van der Waals surface area contributed by atoms with E-state index in [1.807, 2.05) is 0 Å². The molecule has 2 N–H and O–H groups in total. The highest BCUT2D eigenvalue weighted by Gasteiger charge is 2.22. The number of carboxylic acid groups (broad SMARTS) is 1. The van der Waals surface area contributed by atoms with Gasteiger partial charge in [-0.1, -0.05) is 6.07 Å². The molecule has 1 amide bonds. The van der Waals surface area contributed by atoms with E-state index in [1.165, 1.54) is 7.11 Å². The maximum atomic E-state index is 12.1. The van der Waals surface area contributed by atoms with E-state index in [9.17, 15) is 9.59 Å². The van der Waals surface area contributed by atoms with Crippen LogP contribution in [0.1, 0.15) is 10.4 Å². The number of nitrogens with one attached hydrogen (secondary N) is 1. The van der Waals surface area contributed by atoms with E-state index in [0.29, 0.717) is 30.3 Å². The Morgan fingerprint density at radius 2 is 2.15 bits per heavy atom. The van der Waals surface area contributed by atoms with Crippen molar-refractivity contribution in [1.29, 1.82) is 0 Å². The molecule has 0 bridgehead atoms. The third-order valence-electron chi connectivity index (χ3n) is 2.82. The summed E-state index contributed by atoms with van der Waals surface area (Å²) in [7, 11) is 1.27. The molecular weight excluding hydrogens is 266 g/mol. The highest BCUT2D eigenvalue weighted by atomic mass is 16.6. The van der Waals surface area contributed by atoms with Gasteiger partial charge in [0.15, 0.2) is 17.6 Å². The Bertz CT molecular complexity index is 516. The van der Waals surface area contributed by atoms with E-state index in [0.717, 1.165) is 0 Å². The van der Waals surface area contributed by atoms with Crippen LogP contribution in [0.25, 0.3) is 0 Å². The van der Waals surface area contributed by atoms with Crippen LogP contribution in [0.2, 0.25) is 0 Å². The number of para-hydroxylation sites is 1. The highest BCUT2D eigenvalue weighted by Crippen LogP contribution is 2.33. The molecule has 0 aromatic heterocycles. The van der Waals surface area contributed by atoms with Crippen LogP contribution in [0.4, 0.5) is 0 Å². The van der Waals surface area contributed by atoms with Crippen molar-refractivity contribution in [3.8, 4) is 11.5 Å². The van der Waals surface area contributed by atoms with Crippen molar-refractivity contribution in [3.05, 3.63) is 23.8 Å². The van der Waals surface area contributed by atoms with Gasteiger partial charge in [-0.15, -0.1) is 0 Å². The van der Waals surface area contributed by atoms with Gasteiger partial charge in [-0.3, -0.25) is 4.79 Å². The van der Waals surface area contributed by atoms with E-state index in [2.05, 4.69) is 5.32 Å². The number of hydrogen-bond donors (Lipinski definition) is 2. The molecule has 1 heterocycles. The van der Waals surface area contributed by atoms with E-state index >= 15 is 0 Å². The molecule has 20 heavy (non-hydrogen) atoms. The lowest BCUT2D eigenvalue weighted by molar-refractivity contribution is -0.148. The van der Waals surface area contributed by atoms with Crippen LogP contribution in [0.5, 0.6) is 11.5 Å². The number of amides is 1. The number of aliphatic carboxylic acids is 1. The van der Waals surface area contributed by atoms with Gasteiger partial charge in [-0.25, -0.2) is 4.79 Å². The molecule has 0 fully saturated rings. The van der Waals surface area contributed by atoms with Crippen LogP contribution in [0, 0.1) is 0 Å². The van der Waals surface area contributed by atoms with Crippen LogP contribution in [-0.2, 0) is 9.53 Å². The molecular formula is C13H15NO6. The lowest BCUT2D eigenvalue weighted by atomic mass is 10.1. The van der Waals surface area contributed by atoms with E-state index in [-0.39, 0.29) is 6.54 Å². The Kier molecular flexibility index (Phi) is 4.41. The molecule has 1 atom stereocenters. The first-order valence-corrected chi connectivity index (χ1v) is 6.06. The number of ether oxygens (including phenoxy) is 3. The lowest BCUT2D eigenvalue weighted by Gasteiger charge is -2.20. The Morgan fingerprint density at radius 3 is 2.85 bits per heavy atom. The third kappa shape index (κ3) is 3.00. The summed E-state index contributed by atoms with van der Waals surface area (Å²) in [6, 6.07) is 4.97. The Labute approximate surface area is 115 Å². The Morgan fingerprint density at radius 1 is 1.40 bits per heavy atom. The number of benzene rings is 1. The van der Waals surface area contributed by atoms with Gasteiger partial charge in [0.1, 0.15) is 13.2 Å². The van der Waals surface area contributed by atoms with Gasteiger partial charge in [0.25, 0.3) is 5.91 Å².